The Balaban J connectivity index is 1.70. The maximum Gasteiger partial charge on any atom is 0.573 e. The molecule has 0 saturated heterocycles. The lowest BCUT2D eigenvalue weighted by Crippen LogP contribution is -2.30. The van der Waals surface area contributed by atoms with Crippen LogP contribution in [0, 0.1) is 17.7 Å². The number of alkyl halides is 3. The number of carbonyl (C=O) groups excluding carboxylic acids is 1. The summed E-state index contributed by atoms with van der Waals surface area (Å²) in [4.78, 5) is 11.5. The summed E-state index contributed by atoms with van der Waals surface area (Å²) in [7, 11) is 0. The van der Waals surface area contributed by atoms with Gasteiger partial charge in [0.1, 0.15) is 5.78 Å². The van der Waals surface area contributed by atoms with E-state index in [4.69, 9.17) is 0 Å². The van der Waals surface area contributed by atoms with Gasteiger partial charge in [0.05, 0.1) is 0 Å². The van der Waals surface area contributed by atoms with Crippen LogP contribution in [0.2, 0.25) is 0 Å². The molecular weight excluding hydrogens is 312 g/mol. The van der Waals surface area contributed by atoms with Crippen molar-refractivity contribution < 1.29 is 27.1 Å². The molecule has 0 heterocycles. The van der Waals surface area contributed by atoms with Crippen LogP contribution in [0.1, 0.15) is 50.0 Å². The van der Waals surface area contributed by atoms with E-state index in [1.54, 1.807) is 0 Å². The van der Waals surface area contributed by atoms with Gasteiger partial charge in [0.2, 0.25) is 0 Å². The zero-order chi connectivity index (χ0) is 16.6. The Bertz CT molecular complexity index is 597. The zero-order valence-electron chi connectivity index (χ0n) is 12.5. The van der Waals surface area contributed by atoms with Gasteiger partial charge in [-0.1, -0.05) is 6.07 Å². The van der Waals surface area contributed by atoms with Crippen LogP contribution in [-0.2, 0) is 4.79 Å². The number of hydrogen-bond acceptors (Lipinski definition) is 2. The van der Waals surface area contributed by atoms with Gasteiger partial charge in [0.25, 0.3) is 0 Å². The summed E-state index contributed by atoms with van der Waals surface area (Å²) in [5, 5.41) is 0. The standard InChI is InChI=1S/C17H18F4O2/c18-15-9-13(4-6-16(15)23-17(19,20)21)10-1-2-12-8-14(22)5-3-11(12)7-10/h4,6,9-12H,1-3,5,7-8H2. The van der Waals surface area contributed by atoms with Crippen molar-refractivity contribution in [2.45, 2.75) is 50.8 Å². The predicted molar refractivity (Wildman–Crippen MR) is 75.5 cm³/mol. The monoisotopic (exact) mass is 330 g/mol. The van der Waals surface area contributed by atoms with Gasteiger partial charge in [-0.3, -0.25) is 4.79 Å². The van der Waals surface area contributed by atoms with Gasteiger partial charge in [-0.25, -0.2) is 4.39 Å². The molecule has 0 spiro atoms. The minimum absolute atomic E-state index is 0.138. The average molecular weight is 330 g/mol. The Morgan fingerprint density at radius 2 is 1.87 bits per heavy atom. The van der Waals surface area contributed by atoms with E-state index >= 15 is 0 Å². The number of Topliss-reactive ketones (excluding diaryl/α,β-unsaturated/α-hetero) is 1. The van der Waals surface area contributed by atoms with Gasteiger partial charge in [-0.2, -0.15) is 0 Å². The van der Waals surface area contributed by atoms with Crippen LogP contribution in [0.4, 0.5) is 17.6 Å². The third kappa shape index (κ3) is 3.85. The molecule has 6 heteroatoms. The minimum atomic E-state index is -4.89. The van der Waals surface area contributed by atoms with E-state index in [2.05, 4.69) is 4.74 Å². The number of benzene rings is 1. The lowest BCUT2D eigenvalue weighted by molar-refractivity contribution is -0.275. The molecule has 3 atom stereocenters. The fourth-order valence-corrected chi connectivity index (χ4v) is 3.97. The molecule has 0 N–H and O–H groups in total. The maximum absolute atomic E-state index is 13.9. The molecule has 3 rings (SSSR count). The van der Waals surface area contributed by atoms with Gasteiger partial charge in [0, 0.05) is 12.8 Å². The summed E-state index contributed by atoms with van der Waals surface area (Å²) in [5.74, 6) is -0.437. The number of ether oxygens (including phenoxy) is 1. The minimum Gasteiger partial charge on any atom is -0.403 e. The number of rotatable bonds is 2. The second-order valence-corrected chi connectivity index (χ2v) is 6.55. The van der Waals surface area contributed by atoms with Crippen LogP contribution in [-0.4, -0.2) is 12.1 Å². The molecule has 0 amide bonds. The Morgan fingerprint density at radius 1 is 1.09 bits per heavy atom. The predicted octanol–water partition coefficient (Wildman–Crippen LogP) is 4.98. The molecule has 0 bridgehead atoms. The lowest BCUT2D eigenvalue weighted by atomic mass is 9.66. The zero-order valence-corrected chi connectivity index (χ0v) is 12.5. The molecule has 2 aliphatic carbocycles. The molecule has 1 aromatic carbocycles. The third-order valence-corrected chi connectivity index (χ3v) is 5.08. The van der Waals surface area contributed by atoms with E-state index < -0.39 is 17.9 Å². The molecule has 0 radical (unpaired) electrons. The fraction of sp³-hybridized carbons (Fsp3) is 0.588. The summed E-state index contributed by atoms with van der Waals surface area (Å²) in [6, 6.07) is 3.72. The molecule has 0 aromatic heterocycles. The maximum atomic E-state index is 13.9. The highest BCUT2D eigenvalue weighted by atomic mass is 19.4. The Morgan fingerprint density at radius 3 is 2.57 bits per heavy atom. The van der Waals surface area contributed by atoms with Crippen molar-refractivity contribution in [2.24, 2.45) is 11.8 Å². The molecule has 0 aliphatic heterocycles. The summed E-state index contributed by atoms with van der Waals surface area (Å²) in [6.07, 6.45) is -0.134. The van der Waals surface area contributed by atoms with Crippen LogP contribution in [0.5, 0.6) is 5.75 Å². The van der Waals surface area contributed by atoms with Crippen LogP contribution in [0.15, 0.2) is 18.2 Å². The Labute approximate surface area is 131 Å². The summed E-state index contributed by atoms with van der Waals surface area (Å²) in [5.41, 5.74) is 0.715. The smallest absolute Gasteiger partial charge is 0.403 e. The quantitative estimate of drug-likeness (QED) is 0.715. The topological polar surface area (TPSA) is 26.3 Å². The molecule has 23 heavy (non-hydrogen) atoms. The normalized spacial score (nSPS) is 28.3. The van der Waals surface area contributed by atoms with E-state index in [0.717, 1.165) is 37.8 Å². The van der Waals surface area contributed by atoms with Crippen molar-refractivity contribution in [3.63, 3.8) is 0 Å². The first-order chi connectivity index (χ1) is 10.8. The highest BCUT2D eigenvalue weighted by Gasteiger charge is 2.36. The van der Waals surface area contributed by atoms with Crippen molar-refractivity contribution in [1.29, 1.82) is 0 Å². The van der Waals surface area contributed by atoms with Gasteiger partial charge >= 0.3 is 6.36 Å². The van der Waals surface area contributed by atoms with Crippen LogP contribution in [0.3, 0.4) is 0 Å². The number of ketones is 1. The first-order valence-corrected chi connectivity index (χ1v) is 7.88. The van der Waals surface area contributed by atoms with E-state index in [0.29, 0.717) is 36.0 Å². The van der Waals surface area contributed by atoms with Crippen molar-refractivity contribution in [3.8, 4) is 5.75 Å². The van der Waals surface area contributed by atoms with E-state index in [9.17, 15) is 22.4 Å². The molecule has 3 unspecified atom stereocenters. The van der Waals surface area contributed by atoms with Gasteiger partial charge in [-0.15, -0.1) is 13.2 Å². The molecule has 2 aliphatic rings. The number of fused-ring (bicyclic) bond motifs is 1. The number of halogens is 4. The highest BCUT2D eigenvalue weighted by molar-refractivity contribution is 5.79. The molecule has 1 aromatic rings. The van der Waals surface area contributed by atoms with E-state index in [-0.39, 0.29) is 5.92 Å². The largest absolute Gasteiger partial charge is 0.573 e. The van der Waals surface area contributed by atoms with Gasteiger partial charge in [-0.05, 0) is 61.1 Å². The molecule has 126 valence electrons. The first-order valence-electron chi connectivity index (χ1n) is 7.88. The summed E-state index contributed by atoms with van der Waals surface area (Å²) < 4.78 is 54.0. The van der Waals surface area contributed by atoms with E-state index in [1.807, 2.05) is 0 Å². The summed E-state index contributed by atoms with van der Waals surface area (Å²) in [6.45, 7) is 0. The van der Waals surface area contributed by atoms with Gasteiger partial charge < -0.3 is 4.74 Å². The number of hydrogen-bond donors (Lipinski definition) is 0. The first kappa shape index (κ1) is 16.3. The second-order valence-electron chi connectivity index (χ2n) is 6.55. The molecular formula is C17H18F4O2. The third-order valence-electron chi connectivity index (χ3n) is 5.08. The molecule has 2 nitrogen and oxygen atoms in total. The average Bonchev–Trinajstić information content (AvgIpc) is 2.47. The second kappa shape index (κ2) is 6.13. The van der Waals surface area contributed by atoms with Crippen LogP contribution < -0.4 is 4.74 Å². The van der Waals surface area contributed by atoms with Crippen LogP contribution >= 0.6 is 0 Å². The van der Waals surface area contributed by atoms with Crippen molar-refractivity contribution in [3.05, 3.63) is 29.6 Å². The Kier molecular flexibility index (Phi) is 4.34. The molecule has 2 fully saturated rings. The highest BCUT2D eigenvalue weighted by Crippen LogP contribution is 2.45. The lowest BCUT2D eigenvalue weighted by Gasteiger charge is -2.39. The van der Waals surface area contributed by atoms with Crippen molar-refractivity contribution in [2.75, 3.05) is 0 Å². The van der Waals surface area contributed by atoms with Crippen molar-refractivity contribution in [1.82, 2.24) is 0 Å². The van der Waals surface area contributed by atoms with Crippen LogP contribution in [0.25, 0.3) is 0 Å². The van der Waals surface area contributed by atoms with E-state index in [1.165, 1.54) is 6.07 Å². The summed E-state index contributed by atoms with van der Waals surface area (Å²) >= 11 is 0. The number of carbonyl (C=O) groups is 1. The fourth-order valence-electron chi connectivity index (χ4n) is 3.97. The SMILES string of the molecule is O=C1CCC2CC(c3ccc(OC(F)(F)F)c(F)c3)CCC2C1. The van der Waals surface area contributed by atoms with Gasteiger partial charge in [0.15, 0.2) is 11.6 Å². The Hall–Kier alpha value is -1.59. The van der Waals surface area contributed by atoms with Crippen molar-refractivity contribution >= 4 is 5.78 Å². The molecule has 2 saturated carbocycles.